The van der Waals surface area contributed by atoms with Crippen LogP contribution in [-0.2, 0) is 4.79 Å². The predicted octanol–water partition coefficient (Wildman–Crippen LogP) is -0.214. The largest absolute Gasteiger partial charge is 0.341 e. The molecule has 1 heterocycles. The second-order valence-corrected chi connectivity index (χ2v) is 4.86. The maximum Gasteiger partial charge on any atom is 0.224 e. The molecule has 0 aromatic carbocycles. The van der Waals surface area contributed by atoms with E-state index in [9.17, 15) is 4.79 Å². The van der Waals surface area contributed by atoms with Crippen molar-refractivity contribution in [2.75, 3.05) is 46.3 Å². The third-order valence-electron chi connectivity index (χ3n) is 3.28. The van der Waals surface area contributed by atoms with Crippen LogP contribution in [0, 0.1) is 0 Å². The fourth-order valence-corrected chi connectivity index (χ4v) is 2.27. The van der Waals surface area contributed by atoms with Gasteiger partial charge in [0.25, 0.3) is 0 Å². The van der Waals surface area contributed by atoms with Gasteiger partial charge in [-0.05, 0) is 46.1 Å². The van der Waals surface area contributed by atoms with Crippen LogP contribution >= 0.6 is 0 Å². The number of hydrogen-bond donors (Lipinski definition) is 3. The Morgan fingerprint density at radius 3 is 2.83 bits per heavy atom. The molecule has 0 radical (unpaired) electrons. The molecule has 1 unspecified atom stereocenters. The SMILES string of the molecule is CCNCCCN1CC(NCCCNC)CC1=O. The van der Waals surface area contributed by atoms with E-state index in [4.69, 9.17) is 0 Å². The molecule has 0 saturated carbocycles. The van der Waals surface area contributed by atoms with Gasteiger partial charge in [0.15, 0.2) is 0 Å². The number of nitrogens with one attached hydrogen (secondary N) is 3. The third kappa shape index (κ3) is 5.80. The van der Waals surface area contributed by atoms with Gasteiger partial charge in [-0.1, -0.05) is 6.92 Å². The first-order valence-corrected chi connectivity index (χ1v) is 7.14. The summed E-state index contributed by atoms with van der Waals surface area (Å²) < 4.78 is 0. The van der Waals surface area contributed by atoms with Crippen molar-refractivity contribution < 1.29 is 4.79 Å². The number of amides is 1. The summed E-state index contributed by atoms with van der Waals surface area (Å²) >= 11 is 0. The molecule has 5 nitrogen and oxygen atoms in total. The number of likely N-dealkylation sites (tertiary alicyclic amines) is 1. The Labute approximate surface area is 111 Å². The lowest BCUT2D eigenvalue weighted by molar-refractivity contribution is -0.127. The van der Waals surface area contributed by atoms with Crippen molar-refractivity contribution in [1.29, 1.82) is 0 Å². The fraction of sp³-hybridized carbons (Fsp3) is 0.923. The Morgan fingerprint density at radius 2 is 2.11 bits per heavy atom. The molecule has 1 atom stereocenters. The average Bonchev–Trinajstić information content (AvgIpc) is 2.71. The Hall–Kier alpha value is -0.650. The molecule has 1 amide bonds. The first-order valence-electron chi connectivity index (χ1n) is 7.14. The average molecular weight is 256 g/mol. The summed E-state index contributed by atoms with van der Waals surface area (Å²) in [5.41, 5.74) is 0. The molecule has 0 aromatic rings. The number of nitrogens with zero attached hydrogens (tertiary/aromatic N) is 1. The molecular weight excluding hydrogens is 228 g/mol. The molecular formula is C13H28N4O. The summed E-state index contributed by atoms with van der Waals surface area (Å²) in [7, 11) is 1.96. The molecule has 0 aromatic heterocycles. The first kappa shape index (κ1) is 15.4. The first-order chi connectivity index (χ1) is 8.77. The highest BCUT2D eigenvalue weighted by Gasteiger charge is 2.28. The van der Waals surface area contributed by atoms with Crippen LogP contribution < -0.4 is 16.0 Å². The number of carbonyl (C=O) groups is 1. The molecule has 1 aliphatic rings. The molecule has 0 bridgehead atoms. The summed E-state index contributed by atoms with van der Waals surface area (Å²) in [5.74, 6) is 0.303. The zero-order valence-electron chi connectivity index (χ0n) is 11.8. The van der Waals surface area contributed by atoms with Crippen molar-refractivity contribution in [1.82, 2.24) is 20.9 Å². The van der Waals surface area contributed by atoms with Crippen LogP contribution in [0.25, 0.3) is 0 Å². The van der Waals surface area contributed by atoms with Gasteiger partial charge in [-0.3, -0.25) is 4.79 Å². The van der Waals surface area contributed by atoms with Crippen molar-refractivity contribution in [3.63, 3.8) is 0 Å². The molecule has 18 heavy (non-hydrogen) atoms. The van der Waals surface area contributed by atoms with Crippen molar-refractivity contribution in [2.45, 2.75) is 32.2 Å². The van der Waals surface area contributed by atoms with E-state index in [0.29, 0.717) is 18.4 Å². The zero-order valence-corrected chi connectivity index (χ0v) is 11.8. The highest BCUT2D eigenvalue weighted by Crippen LogP contribution is 2.11. The Morgan fingerprint density at radius 1 is 1.28 bits per heavy atom. The third-order valence-corrected chi connectivity index (χ3v) is 3.28. The summed E-state index contributed by atoms with van der Waals surface area (Å²) in [4.78, 5) is 13.8. The monoisotopic (exact) mass is 256 g/mol. The van der Waals surface area contributed by atoms with E-state index in [-0.39, 0.29) is 0 Å². The molecule has 5 heteroatoms. The van der Waals surface area contributed by atoms with E-state index in [1.54, 1.807) is 0 Å². The summed E-state index contributed by atoms with van der Waals surface area (Å²) in [6.45, 7) is 7.89. The van der Waals surface area contributed by atoms with Crippen LogP contribution in [0.3, 0.4) is 0 Å². The van der Waals surface area contributed by atoms with Crippen LogP contribution in [-0.4, -0.2) is 63.2 Å². The fourth-order valence-electron chi connectivity index (χ4n) is 2.27. The van der Waals surface area contributed by atoms with Gasteiger partial charge in [0.2, 0.25) is 5.91 Å². The Bertz CT molecular complexity index is 235. The molecule has 3 N–H and O–H groups in total. The van der Waals surface area contributed by atoms with Crippen molar-refractivity contribution >= 4 is 5.91 Å². The standard InChI is InChI=1S/C13H28N4O/c1-3-15-7-5-9-17-11-12(10-13(17)18)16-8-4-6-14-2/h12,14-16H,3-11H2,1-2H3. The second-order valence-electron chi connectivity index (χ2n) is 4.86. The number of rotatable bonds is 10. The van der Waals surface area contributed by atoms with Crippen LogP contribution in [0.2, 0.25) is 0 Å². The number of carbonyl (C=O) groups excluding carboxylic acids is 1. The lowest BCUT2D eigenvalue weighted by atomic mass is 10.2. The minimum absolute atomic E-state index is 0.303. The molecule has 1 aliphatic heterocycles. The van der Waals surface area contributed by atoms with Gasteiger partial charge in [0.05, 0.1) is 0 Å². The smallest absolute Gasteiger partial charge is 0.224 e. The van der Waals surface area contributed by atoms with E-state index in [1.807, 2.05) is 11.9 Å². The molecule has 0 aliphatic carbocycles. The molecule has 0 spiro atoms. The zero-order chi connectivity index (χ0) is 13.2. The highest BCUT2D eigenvalue weighted by molar-refractivity contribution is 5.79. The van der Waals surface area contributed by atoms with Gasteiger partial charge in [0, 0.05) is 25.6 Å². The Kier molecular flexibility index (Phi) is 7.96. The van der Waals surface area contributed by atoms with Gasteiger partial charge in [-0.25, -0.2) is 0 Å². The Balaban J connectivity index is 2.10. The van der Waals surface area contributed by atoms with E-state index in [0.717, 1.165) is 52.1 Å². The van der Waals surface area contributed by atoms with Crippen molar-refractivity contribution in [2.24, 2.45) is 0 Å². The topological polar surface area (TPSA) is 56.4 Å². The lowest BCUT2D eigenvalue weighted by Crippen LogP contribution is -2.35. The predicted molar refractivity (Wildman–Crippen MR) is 74.7 cm³/mol. The summed E-state index contributed by atoms with van der Waals surface area (Å²) in [6.07, 6.45) is 2.83. The van der Waals surface area contributed by atoms with Crippen LogP contribution in [0.15, 0.2) is 0 Å². The highest BCUT2D eigenvalue weighted by atomic mass is 16.2. The normalized spacial score (nSPS) is 19.8. The molecule has 106 valence electrons. The van der Waals surface area contributed by atoms with E-state index >= 15 is 0 Å². The maximum atomic E-state index is 11.8. The maximum absolute atomic E-state index is 11.8. The van der Waals surface area contributed by atoms with E-state index in [2.05, 4.69) is 22.9 Å². The van der Waals surface area contributed by atoms with Crippen LogP contribution in [0.5, 0.6) is 0 Å². The van der Waals surface area contributed by atoms with Gasteiger partial charge >= 0.3 is 0 Å². The van der Waals surface area contributed by atoms with Gasteiger partial charge in [-0.15, -0.1) is 0 Å². The van der Waals surface area contributed by atoms with Crippen LogP contribution in [0.4, 0.5) is 0 Å². The van der Waals surface area contributed by atoms with Gasteiger partial charge in [-0.2, -0.15) is 0 Å². The van der Waals surface area contributed by atoms with Crippen LogP contribution in [0.1, 0.15) is 26.2 Å². The van der Waals surface area contributed by atoms with Crippen molar-refractivity contribution in [3.05, 3.63) is 0 Å². The lowest BCUT2D eigenvalue weighted by Gasteiger charge is -2.17. The minimum atomic E-state index is 0.303. The second kappa shape index (κ2) is 9.30. The quantitative estimate of drug-likeness (QED) is 0.473. The minimum Gasteiger partial charge on any atom is -0.341 e. The number of hydrogen-bond acceptors (Lipinski definition) is 4. The van der Waals surface area contributed by atoms with Crippen molar-refractivity contribution in [3.8, 4) is 0 Å². The summed E-state index contributed by atoms with van der Waals surface area (Å²) in [5, 5.41) is 9.87. The molecule has 1 fully saturated rings. The van der Waals surface area contributed by atoms with Gasteiger partial charge < -0.3 is 20.9 Å². The van der Waals surface area contributed by atoms with E-state index in [1.165, 1.54) is 0 Å². The van der Waals surface area contributed by atoms with Gasteiger partial charge in [0.1, 0.15) is 0 Å². The summed E-state index contributed by atoms with van der Waals surface area (Å²) in [6, 6.07) is 0.355. The molecule has 1 saturated heterocycles. The molecule has 1 rings (SSSR count). The van der Waals surface area contributed by atoms with E-state index < -0.39 is 0 Å².